The van der Waals surface area contributed by atoms with Crippen molar-refractivity contribution in [1.82, 2.24) is 10.6 Å². The standard InChI is InChI=1S/C16H28N2O3/c1-2-8-16(9-3-10-18-16)15(21)17-11-12-4-6-13(7-5-12)14(19)20/h12-13,18H,2-11H2,1H3,(H,17,21)(H,19,20). The number of carbonyl (C=O) groups excluding carboxylic acids is 1. The molecule has 1 atom stereocenters. The zero-order valence-corrected chi connectivity index (χ0v) is 13.0. The highest BCUT2D eigenvalue weighted by atomic mass is 16.4. The lowest BCUT2D eigenvalue weighted by atomic mass is 9.82. The summed E-state index contributed by atoms with van der Waals surface area (Å²) in [5.74, 6) is -0.277. The number of aliphatic carboxylic acids is 1. The van der Waals surface area contributed by atoms with Gasteiger partial charge in [-0.2, -0.15) is 0 Å². The zero-order chi connectivity index (χ0) is 15.3. The summed E-state index contributed by atoms with van der Waals surface area (Å²) in [5, 5.41) is 15.5. The number of nitrogens with one attached hydrogen (secondary N) is 2. The second kappa shape index (κ2) is 7.25. The van der Waals surface area contributed by atoms with Gasteiger partial charge in [-0.05, 0) is 57.4 Å². The molecular formula is C16H28N2O3. The lowest BCUT2D eigenvalue weighted by Gasteiger charge is -2.30. The van der Waals surface area contributed by atoms with E-state index in [1.54, 1.807) is 0 Å². The fourth-order valence-electron chi connectivity index (χ4n) is 3.77. The molecule has 1 aliphatic carbocycles. The van der Waals surface area contributed by atoms with Crippen molar-refractivity contribution < 1.29 is 14.7 Å². The van der Waals surface area contributed by atoms with Crippen molar-refractivity contribution in [3.63, 3.8) is 0 Å². The number of carboxylic acids is 1. The number of hydrogen-bond donors (Lipinski definition) is 3. The maximum atomic E-state index is 12.5. The van der Waals surface area contributed by atoms with Gasteiger partial charge in [0.25, 0.3) is 0 Å². The van der Waals surface area contributed by atoms with Gasteiger partial charge < -0.3 is 15.7 Å². The molecule has 1 saturated carbocycles. The predicted molar refractivity (Wildman–Crippen MR) is 81.0 cm³/mol. The van der Waals surface area contributed by atoms with Crippen LogP contribution in [0.1, 0.15) is 58.3 Å². The van der Waals surface area contributed by atoms with Gasteiger partial charge in [0.2, 0.25) is 5.91 Å². The number of carboxylic acid groups (broad SMARTS) is 1. The van der Waals surface area contributed by atoms with Gasteiger partial charge in [-0.25, -0.2) is 0 Å². The SMILES string of the molecule is CCCC1(C(=O)NCC2CCC(C(=O)O)CC2)CCCN1. The fraction of sp³-hybridized carbons (Fsp3) is 0.875. The molecule has 0 bridgehead atoms. The first-order valence-corrected chi connectivity index (χ1v) is 8.33. The van der Waals surface area contributed by atoms with Crippen molar-refractivity contribution in [1.29, 1.82) is 0 Å². The average Bonchev–Trinajstić information content (AvgIpc) is 2.95. The van der Waals surface area contributed by atoms with Gasteiger partial charge in [-0.3, -0.25) is 9.59 Å². The molecule has 0 aromatic rings. The van der Waals surface area contributed by atoms with E-state index in [1.807, 2.05) is 0 Å². The molecule has 0 aromatic heterocycles. The van der Waals surface area contributed by atoms with Crippen molar-refractivity contribution in [2.24, 2.45) is 11.8 Å². The lowest BCUT2D eigenvalue weighted by molar-refractivity contribution is -0.143. The van der Waals surface area contributed by atoms with Crippen LogP contribution in [0, 0.1) is 11.8 Å². The largest absolute Gasteiger partial charge is 0.481 e. The first-order chi connectivity index (χ1) is 10.1. The van der Waals surface area contributed by atoms with Crippen molar-refractivity contribution in [3.05, 3.63) is 0 Å². The minimum Gasteiger partial charge on any atom is -0.481 e. The molecular weight excluding hydrogens is 268 g/mol. The zero-order valence-electron chi connectivity index (χ0n) is 13.0. The summed E-state index contributed by atoms with van der Waals surface area (Å²) in [6.07, 6.45) is 7.20. The maximum absolute atomic E-state index is 12.5. The van der Waals surface area contributed by atoms with Crippen LogP contribution in [0.5, 0.6) is 0 Å². The van der Waals surface area contributed by atoms with Crippen LogP contribution in [0.3, 0.4) is 0 Å². The Balaban J connectivity index is 1.77. The van der Waals surface area contributed by atoms with Crippen LogP contribution in [0.4, 0.5) is 0 Å². The van der Waals surface area contributed by atoms with E-state index in [4.69, 9.17) is 5.11 Å². The van der Waals surface area contributed by atoms with E-state index in [0.717, 1.165) is 57.9 Å². The summed E-state index contributed by atoms with van der Waals surface area (Å²) < 4.78 is 0. The third kappa shape index (κ3) is 3.96. The second-order valence-electron chi connectivity index (χ2n) is 6.63. The summed E-state index contributed by atoms with van der Waals surface area (Å²) in [5.41, 5.74) is -0.354. The summed E-state index contributed by atoms with van der Waals surface area (Å²) in [6.45, 7) is 3.73. The first-order valence-electron chi connectivity index (χ1n) is 8.33. The normalized spacial score (nSPS) is 32.8. The van der Waals surface area contributed by atoms with Crippen molar-refractivity contribution in [3.8, 4) is 0 Å². The first kappa shape index (κ1) is 16.3. The molecule has 1 amide bonds. The van der Waals surface area contributed by atoms with E-state index in [-0.39, 0.29) is 17.4 Å². The smallest absolute Gasteiger partial charge is 0.306 e. The van der Waals surface area contributed by atoms with Crippen LogP contribution in [-0.4, -0.2) is 35.6 Å². The van der Waals surface area contributed by atoms with E-state index in [9.17, 15) is 9.59 Å². The maximum Gasteiger partial charge on any atom is 0.306 e. The van der Waals surface area contributed by atoms with E-state index in [0.29, 0.717) is 12.5 Å². The van der Waals surface area contributed by atoms with Crippen LogP contribution >= 0.6 is 0 Å². The van der Waals surface area contributed by atoms with Crippen LogP contribution in [0.25, 0.3) is 0 Å². The summed E-state index contributed by atoms with van der Waals surface area (Å²) in [6, 6.07) is 0. The topological polar surface area (TPSA) is 78.4 Å². The number of carbonyl (C=O) groups is 2. The van der Waals surface area contributed by atoms with E-state index in [2.05, 4.69) is 17.6 Å². The highest BCUT2D eigenvalue weighted by molar-refractivity contribution is 5.86. The molecule has 21 heavy (non-hydrogen) atoms. The Morgan fingerprint density at radius 1 is 1.29 bits per heavy atom. The van der Waals surface area contributed by atoms with E-state index >= 15 is 0 Å². The molecule has 0 aromatic carbocycles. The Kier molecular flexibility index (Phi) is 5.62. The van der Waals surface area contributed by atoms with E-state index in [1.165, 1.54) is 0 Å². The van der Waals surface area contributed by atoms with Crippen molar-refractivity contribution in [2.45, 2.75) is 63.8 Å². The third-order valence-electron chi connectivity index (χ3n) is 5.10. The summed E-state index contributed by atoms with van der Waals surface area (Å²) in [7, 11) is 0. The number of rotatable bonds is 6. The minimum absolute atomic E-state index is 0.141. The number of hydrogen-bond acceptors (Lipinski definition) is 3. The molecule has 5 heteroatoms. The Morgan fingerprint density at radius 3 is 2.52 bits per heavy atom. The molecule has 2 rings (SSSR count). The van der Waals surface area contributed by atoms with Gasteiger partial charge in [0.15, 0.2) is 0 Å². The van der Waals surface area contributed by atoms with Crippen molar-refractivity contribution >= 4 is 11.9 Å². The van der Waals surface area contributed by atoms with E-state index < -0.39 is 5.97 Å². The van der Waals surface area contributed by atoms with Crippen LogP contribution in [-0.2, 0) is 9.59 Å². The van der Waals surface area contributed by atoms with Gasteiger partial charge in [-0.15, -0.1) is 0 Å². The second-order valence-corrected chi connectivity index (χ2v) is 6.63. The Morgan fingerprint density at radius 2 is 2.00 bits per heavy atom. The summed E-state index contributed by atoms with van der Waals surface area (Å²) >= 11 is 0. The molecule has 0 spiro atoms. The highest BCUT2D eigenvalue weighted by Crippen LogP contribution is 2.29. The third-order valence-corrected chi connectivity index (χ3v) is 5.10. The molecule has 0 radical (unpaired) electrons. The van der Waals surface area contributed by atoms with Gasteiger partial charge in [0.05, 0.1) is 11.5 Å². The Bertz CT molecular complexity index is 370. The fourth-order valence-corrected chi connectivity index (χ4v) is 3.77. The number of amides is 1. The molecule has 120 valence electrons. The van der Waals surface area contributed by atoms with Crippen molar-refractivity contribution in [2.75, 3.05) is 13.1 Å². The molecule has 1 unspecified atom stereocenters. The lowest BCUT2D eigenvalue weighted by Crippen LogP contribution is -2.54. The molecule has 1 aliphatic heterocycles. The monoisotopic (exact) mass is 296 g/mol. The van der Waals surface area contributed by atoms with Crippen LogP contribution in [0.15, 0.2) is 0 Å². The highest BCUT2D eigenvalue weighted by Gasteiger charge is 2.40. The predicted octanol–water partition coefficient (Wildman–Crippen LogP) is 1.92. The molecule has 1 heterocycles. The Labute approximate surface area is 126 Å². The molecule has 2 fully saturated rings. The van der Waals surface area contributed by atoms with Gasteiger partial charge in [-0.1, -0.05) is 13.3 Å². The van der Waals surface area contributed by atoms with Crippen LogP contribution in [0.2, 0.25) is 0 Å². The van der Waals surface area contributed by atoms with Crippen LogP contribution < -0.4 is 10.6 Å². The average molecular weight is 296 g/mol. The summed E-state index contributed by atoms with van der Waals surface area (Å²) in [4.78, 5) is 23.4. The molecule has 5 nitrogen and oxygen atoms in total. The minimum atomic E-state index is -0.672. The Hall–Kier alpha value is -1.10. The molecule has 3 N–H and O–H groups in total. The molecule has 1 saturated heterocycles. The quantitative estimate of drug-likeness (QED) is 0.699. The van der Waals surface area contributed by atoms with Gasteiger partial charge in [0.1, 0.15) is 0 Å². The molecule has 2 aliphatic rings. The van der Waals surface area contributed by atoms with Gasteiger partial charge >= 0.3 is 5.97 Å². The van der Waals surface area contributed by atoms with Gasteiger partial charge in [0, 0.05) is 6.54 Å².